The molecule has 1 atom stereocenters. The third-order valence-electron chi connectivity index (χ3n) is 3.19. The predicted molar refractivity (Wildman–Crippen MR) is 81.2 cm³/mol. The quantitative estimate of drug-likeness (QED) is 0.802. The highest BCUT2D eigenvalue weighted by Gasteiger charge is 2.22. The Morgan fingerprint density at radius 2 is 1.90 bits per heavy atom. The van der Waals surface area contributed by atoms with Crippen LogP contribution in [0.5, 0.6) is 0 Å². The van der Waals surface area contributed by atoms with E-state index < -0.39 is 0 Å². The monoisotopic (exact) mass is 302 g/mol. The summed E-state index contributed by atoms with van der Waals surface area (Å²) >= 11 is 5.81. The Labute approximate surface area is 127 Å². The van der Waals surface area contributed by atoms with Gasteiger partial charge >= 0.3 is 0 Å². The number of aromatic nitrogens is 5. The summed E-state index contributed by atoms with van der Waals surface area (Å²) < 4.78 is 1.97. The Morgan fingerprint density at radius 3 is 2.62 bits per heavy atom. The zero-order valence-corrected chi connectivity index (χ0v) is 12.5. The number of anilines is 1. The first kappa shape index (κ1) is 13.8. The van der Waals surface area contributed by atoms with Crippen molar-refractivity contribution in [2.45, 2.75) is 19.9 Å². The van der Waals surface area contributed by atoms with Crippen molar-refractivity contribution in [2.75, 3.05) is 5.32 Å². The lowest BCUT2D eigenvalue weighted by Crippen LogP contribution is -2.21. The van der Waals surface area contributed by atoms with Gasteiger partial charge in [0.25, 0.3) is 0 Å². The van der Waals surface area contributed by atoms with Crippen molar-refractivity contribution in [3.8, 4) is 0 Å². The van der Waals surface area contributed by atoms with Crippen LogP contribution in [-0.2, 0) is 0 Å². The number of pyridine rings is 1. The molecular formula is C14H15ClN6. The van der Waals surface area contributed by atoms with Crippen molar-refractivity contribution in [1.29, 1.82) is 0 Å². The summed E-state index contributed by atoms with van der Waals surface area (Å²) in [5, 5.41) is 12.3. The summed E-state index contributed by atoms with van der Waals surface area (Å²) in [4.78, 5) is 8.36. The standard InChI is InChI=1S/C14H15ClN6/c1-9(2)12(18-14-16-7-10(15)8-17-14)13-20-19-11-5-3-4-6-21(11)13/h3-9,12H,1-2H3,(H,16,17,18). The van der Waals surface area contributed by atoms with E-state index >= 15 is 0 Å². The molecule has 0 saturated heterocycles. The van der Waals surface area contributed by atoms with E-state index in [-0.39, 0.29) is 12.0 Å². The molecule has 0 fully saturated rings. The van der Waals surface area contributed by atoms with Gasteiger partial charge in [0, 0.05) is 6.20 Å². The first-order valence-corrected chi connectivity index (χ1v) is 7.06. The van der Waals surface area contributed by atoms with E-state index in [0.717, 1.165) is 11.5 Å². The molecule has 0 aromatic carbocycles. The topological polar surface area (TPSA) is 68.0 Å². The first-order chi connectivity index (χ1) is 10.1. The zero-order chi connectivity index (χ0) is 14.8. The zero-order valence-electron chi connectivity index (χ0n) is 11.7. The third-order valence-corrected chi connectivity index (χ3v) is 3.39. The van der Waals surface area contributed by atoms with Crippen LogP contribution >= 0.6 is 11.6 Å². The number of rotatable bonds is 4. The molecule has 3 heterocycles. The Bertz CT molecular complexity index is 737. The van der Waals surface area contributed by atoms with E-state index in [0.29, 0.717) is 11.0 Å². The van der Waals surface area contributed by atoms with Crippen molar-refractivity contribution < 1.29 is 0 Å². The second kappa shape index (κ2) is 5.65. The Morgan fingerprint density at radius 1 is 1.14 bits per heavy atom. The lowest BCUT2D eigenvalue weighted by atomic mass is 10.0. The molecule has 0 radical (unpaired) electrons. The largest absolute Gasteiger partial charge is 0.344 e. The van der Waals surface area contributed by atoms with Crippen molar-refractivity contribution in [1.82, 2.24) is 24.6 Å². The molecule has 6 nitrogen and oxygen atoms in total. The highest BCUT2D eigenvalue weighted by atomic mass is 35.5. The van der Waals surface area contributed by atoms with Gasteiger partial charge in [0.2, 0.25) is 5.95 Å². The second-order valence-electron chi connectivity index (χ2n) is 5.08. The maximum absolute atomic E-state index is 5.81. The minimum absolute atomic E-state index is 0.0522. The maximum atomic E-state index is 5.81. The number of hydrogen-bond acceptors (Lipinski definition) is 5. The van der Waals surface area contributed by atoms with Gasteiger partial charge in [-0.3, -0.25) is 4.40 Å². The molecule has 0 saturated carbocycles. The van der Waals surface area contributed by atoms with E-state index in [1.807, 2.05) is 28.8 Å². The summed E-state index contributed by atoms with van der Waals surface area (Å²) in [5.74, 6) is 1.64. The van der Waals surface area contributed by atoms with E-state index in [1.165, 1.54) is 0 Å². The number of fused-ring (bicyclic) bond motifs is 1. The van der Waals surface area contributed by atoms with Gasteiger partial charge in [-0.05, 0) is 18.1 Å². The normalized spacial score (nSPS) is 12.8. The average molecular weight is 303 g/mol. The van der Waals surface area contributed by atoms with Crippen LogP contribution in [0.2, 0.25) is 5.02 Å². The molecule has 0 aliphatic heterocycles. The summed E-state index contributed by atoms with van der Waals surface area (Å²) in [6.07, 6.45) is 5.08. The highest BCUT2D eigenvalue weighted by Crippen LogP contribution is 2.24. The van der Waals surface area contributed by atoms with Crippen molar-refractivity contribution in [3.05, 3.63) is 47.6 Å². The number of halogens is 1. The van der Waals surface area contributed by atoms with Crippen LogP contribution in [-0.4, -0.2) is 24.6 Å². The van der Waals surface area contributed by atoms with Crippen LogP contribution < -0.4 is 5.32 Å². The van der Waals surface area contributed by atoms with Gasteiger partial charge in [0.15, 0.2) is 11.5 Å². The predicted octanol–water partition coefficient (Wildman–Crippen LogP) is 2.98. The minimum Gasteiger partial charge on any atom is -0.344 e. The fourth-order valence-corrected chi connectivity index (χ4v) is 2.22. The number of nitrogens with one attached hydrogen (secondary N) is 1. The van der Waals surface area contributed by atoms with Crippen molar-refractivity contribution in [3.63, 3.8) is 0 Å². The second-order valence-corrected chi connectivity index (χ2v) is 5.51. The third kappa shape index (κ3) is 2.80. The Hall–Kier alpha value is -2.21. The SMILES string of the molecule is CC(C)C(Nc1ncc(Cl)cn1)c1nnc2ccccn12. The van der Waals surface area contributed by atoms with E-state index in [1.54, 1.807) is 12.4 Å². The lowest BCUT2D eigenvalue weighted by molar-refractivity contribution is 0.514. The van der Waals surface area contributed by atoms with Gasteiger partial charge in [-0.1, -0.05) is 31.5 Å². The van der Waals surface area contributed by atoms with Gasteiger partial charge in [0.05, 0.1) is 23.5 Å². The summed E-state index contributed by atoms with van der Waals surface area (Å²) in [7, 11) is 0. The van der Waals surface area contributed by atoms with Gasteiger partial charge in [0.1, 0.15) is 0 Å². The number of hydrogen-bond donors (Lipinski definition) is 1. The Balaban J connectivity index is 1.96. The van der Waals surface area contributed by atoms with E-state index in [9.17, 15) is 0 Å². The molecule has 1 N–H and O–H groups in total. The van der Waals surface area contributed by atoms with Gasteiger partial charge < -0.3 is 5.32 Å². The summed E-state index contributed by atoms with van der Waals surface area (Å²) in [5.41, 5.74) is 0.817. The average Bonchev–Trinajstić information content (AvgIpc) is 2.90. The van der Waals surface area contributed by atoms with Gasteiger partial charge in [-0.2, -0.15) is 0 Å². The minimum atomic E-state index is -0.0522. The molecule has 0 bridgehead atoms. The maximum Gasteiger partial charge on any atom is 0.223 e. The van der Waals surface area contributed by atoms with Crippen molar-refractivity contribution >= 4 is 23.2 Å². The smallest absolute Gasteiger partial charge is 0.223 e. The lowest BCUT2D eigenvalue weighted by Gasteiger charge is -2.20. The molecule has 3 rings (SSSR count). The molecule has 1 unspecified atom stereocenters. The molecule has 0 aliphatic carbocycles. The first-order valence-electron chi connectivity index (χ1n) is 6.69. The van der Waals surface area contributed by atoms with Crippen LogP contribution in [0.1, 0.15) is 25.7 Å². The molecule has 3 aromatic rings. The van der Waals surface area contributed by atoms with Gasteiger partial charge in [-0.15, -0.1) is 10.2 Å². The molecule has 108 valence electrons. The van der Waals surface area contributed by atoms with E-state index in [2.05, 4.69) is 39.3 Å². The molecule has 7 heteroatoms. The number of nitrogens with zero attached hydrogens (tertiary/aromatic N) is 5. The van der Waals surface area contributed by atoms with Gasteiger partial charge in [-0.25, -0.2) is 9.97 Å². The van der Waals surface area contributed by atoms with Crippen LogP contribution in [0.4, 0.5) is 5.95 Å². The van der Waals surface area contributed by atoms with Crippen LogP contribution in [0.15, 0.2) is 36.8 Å². The van der Waals surface area contributed by atoms with Crippen LogP contribution in [0, 0.1) is 5.92 Å². The molecule has 21 heavy (non-hydrogen) atoms. The fraction of sp³-hybridized carbons (Fsp3) is 0.286. The molecular weight excluding hydrogens is 288 g/mol. The highest BCUT2D eigenvalue weighted by molar-refractivity contribution is 6.30. The fourth-order valence-electron chi connectivity index (χ4n) is 2.13. The van der Waals surface area contributed by atoms with Crippen LogP contribution in [0.25, 0.3) is 5.65 Å². The Kier molecular flexibility index (Phi) is 3.70. The molecule has 0 spiro atoms. The molecule has 0 aliphatic rings. The summed E-state index contributed by atoms with van der Waals surface area (Å²) in [6, 6.07) is 5.76. The van der Waals surface area contributed by atoms with Crippen LogP contribution in [0.3, 0.4) is 0 Å². The van der Waals surface area contributed by atoms with Crippen molar-refractivity contribution in [2.24, 2.45) is 5.92 Å². The molecule has 3 aromatic heterocycles. The molecule has 0 amide bonds. The summed E-state index contributed by atoms with van der Waals surface area (Å²) in [6.45, 7) is 4.22. The van der Waals surface area contributed by atoms with E-state index in [4.69, 9.17) is 11.6 Å².